The van der Waals surface area contributed by atoms with E-state index in [4.69, 9.17) is 0 Å². The van der Waals surface area contributed by atoms with Crippen LogP contribution in [0.1, 0.15) is 34.8 Å². The van der Waals surface area contributed by atoms with Gasteiger partial charge in [0.05, 0.1) is 0 Å². The van der Waals surface area contributed by atoms with Crippen LogP contribution in [0.25, 0.3) is 0 Å². The zero-order valence-corrected chi connectivity index (χ0v) is 7.56. The molecule has 0 heterocycles. The third-order valence-corrected chi connectivity index (χ3v) is 2.57. The molecule has 1 aliphatic rings. The van der Waals surface area contributed by atoms with Gasteiger partial charge in [-0.05, 0) is 30.0 Å². The number of hydrogen-bond acceptors (Lipinski definition) is 1. The highest BCUT2D eigenvalue weighted by Gasteiger charge is 2.21. The van der Waals surface area contributed by atoms with Crippen molar-refractivity contribution in [2.45, 2.75) is 26.2 Å². The summed E-state index contributed by atoms with van der Waals surface area (Å²) in [6, 6.07) is 3.22. The number of ketones is 1. The number of carbonyl (C=O) groups is 1. The van der Waals surface area contributed by atoms with Crippen molar-refractivity contribution in [3.8, 4) is 0 Å². The summed E-state index contributed by atoms with van der Waals surface area (Å²) >= 11 is 0. The molecule has 1 aliphatic carbocycles. The third-order valence-electron chi connectivity index (χ3n) is 2.57. The number of hydrogen-bond donors (Lipinski definition) is 0. The minimum Gasteiger partial charge on any atom is -0.294 e. The van der Waals surface area contributed by atoms with Crippen LogP contribution in [0.15, 0.2) is 12.1 Å². The number of Topliss-reactive ketones (excluding diaryl/α,β-unsaturated/α-hetero) is 1. The van der Waals surface area contributed by atoms with Crippen LogP contribution in [-0.4, -0.2) is 5.78 Å². The number of benzene rings is 1. The lowest BCUT2D eigenvalue weighted by atomic mass is 10.0. The molecule has 0 aliphatic heterocycles. The monoisotopic (exact) mass is 178 g/mol. The molecule has 1 aromatic carbocycles. The molecule has 0 N–H and O–H groups in total. The van der Waals surface area contributed by atoms with E-state index in [0.717, 1.165) is 12.0 Å². The van der Waals surface area contributed by atoms with Gasteiger partial charge in [0.15, 0.2) is 5.78 Å². The highest BCUT2D eigenvalue weighted by atomic mass is 19.1. The fourth-order valence-corrected chi connectivity index (χ4v) is 1.79. The van der Waals surface area contributed by atoms with Crippen molar-refractivity contribution in [3.05, 3.63) is 34.6 Å². The molecule has 0 saturated carbocycles. The number of carbonyl (C=O) groups excluding carboxylic acids is 1. The van der Waals surface area contributed by atoms with Crippen molar-refractivity contribution in [2.75, 3.05) is 0 Å². The van der Waals surface area contributed by atoms with E-state index in [1.54, 1.807) is 0 Å². The van der Waals surface area contributed by atoms with Crippen molar-refractivity contribution >= 4 is 5.78 Å². The smallest absolute Gasteiger partial charge is 0.163 e. The fourth-order valence-electron chi connectivity index (χ4n) is 1.79. The molecule has 68 valence electrons. The van der Waals surface area contributed by atoms with Gasteiger partial charge < -0.3 is 0 Å². The Morgan fingerprint density at radius 2 is 2.15 bits per heavy atom. The van der Waals surface area contributed by atoms with Gasteiger partial charge in [0.2, 0.25) is 0 Å². The standard InChI is InChI=1S/C11H11FO/c1-2-7-5-8-3-4-11(13)9(8)6-10(7)12/h5-6H,2-4H2,1H3. The average molecular weight is 178 g/mol. The van der Waals surface area contributed by atoms with Gasteiger partial charge >= 0.3 is 0 Å². The van der Waals surface area contributed by atoms with Crippen molar-refractivity contribution in [3.63, 3.8) is 0 Å². The topological polar surface area (TPSA) is 17.1 Å². The molecule has 0 fully saturated rings. The molecule has 0 spiro atoms. The summed E-state index contributed by atoms with van der Waals surface area (Å²) in [7, 11) is 0. The lowest BCUT2D eigenvalue weighted by molar-refractivity contribution is 0.0994. The summed E-state index contributed by atoms with van der Waals surface area (Å²) < 4.78 is 13.3. The molecule has 1 nitrogen and oxygen atoms in total. The van der Waals surface area contributed by atoms with Crippen molar-refractivity contribution in [2.24, 2.45) is 0 Å². The number of aryl methyl sites for hydroxylation is 2. The van der Waals surface area contributed by atoms with Crippen molar-refractivity contribution in [1.82, 2.24) is 0 Å². The summed E-state index contributed by atoms with van der Waals surface area (Å²) in [5, 5.41) is 0. The van der Waals surface area contributed by atoms with E-state index >= 15 is 0 Å². The molecule has 0 unspecified atom stereocenters. The molecule has 0 atom stereocenters. The van der Waals surface area contributed by atoms with Gasteiger partial charge in [-0.15, -0.1) is 0 Å². The van der Waals surface area contributed by atoms with Crippen LogP contribution >= 0.6 is 0 Å². The molecule has 0 amide bonds. The van der Waals surface area contributed by atoms with Crippen LogP contribution in [-0.2, 0) is 12.8 Å². The molecule has 0 bridgehead atoms. The van der Waals surface area contributed by atoms with E-state index in [1.165, 1.54) is 6.07 Å². The van der Waals surface area contributed by atoms with Gasteiger partial charge in [-0.1, -0.05) is 13.0 Å². The molecule has 2 rings (SSSR count). The minimum atomic E-state index is -0.239. The first-order valence-electron chi connectivity index (χ1n) is 4.57. The summed E-state index contributed by atoms with van der Waals surface area (Å²) in [4.78, 5) is 11.3. The van der Waals surface area contributed by atoms with Gasteiger partial charge in [0.25, 0.3) is 0 Å². The number of rotatable bonds is 1. The highest BCUT2D eigenvalue weighted by molar-refractivity contribution is 6.00. The molecule has 2 heteroatoms. The normalized spacial score (nSPS) is 14.8. The van der Waals surface area contributed by atoms with Crippen molar-refractivity contribution in [1.29, 1.82) is 0 Å². The summed E-state index contributed by atoms with van der Waals surface area (Å²) in [6.45, 7) is 1.92. The zero-order valence-electron chi connectivity index (χ0n) is 7.56. The van der Waals surface area contributed by atoms with Gasteiger partial charge in [0, 0.05) is 12.0 Å². The lowest BCUT2D eigenvalue weighted by Gasteiger charge is -2.03. The van der Waals surface area contributed by atoms with Gasteiger partial charge in [-0.2, -0.15) is 0 Å². The Morgan fingerprint density at radius 3 is 2.85 bits per heavy atom. The van der Waals surface area contributed by atoms with Gasteiger partial charge in [0.1, 0.15) is 5.82 Å². The van der Waals surface area contributed by atoms with Crippen LogP contribution in [0, 0.1) is 5.82 Å². The van der Waals surface area contributed by atoms with Crippen molar-refractivity contribution < 1.29 is 9.18 Å². The maximum Gasteiger partial charge on any atom is 0.163 e. The summed E-state index contributed by atoms with van der Waals surface area (Å²) in [6.07, 6.45) is 2.01. The van der Waals surface area contributed by atoms with Crippen LogP contribution in [0.4, 0.5) is 4.39 Å². The second kappa shape index (κ2) is 2.95. The summed E-state index contributed by atoms with van der Waals surface area (Å²) in [5.41, 5.74) is 2.33. The van der Waals surface area contributed by atoms with Gasteiger partial charge in [-0.3, -0.25) is 4.79 Å². The molecule has 13 heavy (non-hydrogen) atoms. The average Bonchev–Trinajstić information content (AvgIpc) is 2.47. The Morgan fingerprint density at radius 1 is 1.38 bits per heavy atom. The summed E-state index contributed by atoms with van der Waals surface area (Å²) in [5.74, 6) is -0.159. The molecule has 0 saturated heterocycles. The van der Waals surface area contributed by atoms with E-state index < -0.39 is 0 Å². The van der Waals surface area contributed by atoms with E-state index in [-0.39, 0.29) is 11.6 Å². The van der Waals surface area contributed by atoms with E-state index in [1.807, 2.05) is 13.0 Å². The maximum atomic E-state index is 13.3. The van der Waals surface area contributed by atoms with Gasteiger partial charge in [-0.25, -0.2) is 4.39 Å². The Balaban J connectivity index is 2.56. The Hall–Kier alpha value is -1.18. The Kier molecular flexibility index (Phi) is 1.91. The SMILES string of the molecule is CCc1cc2c(cc1F)C(=O)CC2. The predicted molar refractivity (Wildman–Crippen MR) is 48.4 cm³/mol. The first kappa shape index (κ1) is 8.42. The second-order valence-corrected chi connectivity index (χ2v) is 3.38. The van der Waals surface area contributed by atoms with E-state index in [9.17, 15) is 9.18 Å². The maximum absolute atomic E-state index is 13.3. The zero-order chi connectivity index (χ0) is 9.42. The van der Waals surface area contributed by atoms with Crippen LogP contribution < -0.4 is 0 Å². The van der Waals surface area contributed by atoms with Crippen LogP contribution in [0.5, 0.6) is 0 Å². The Labute approximate surface area is 76.6 Å². The molecule has 0 radical (unpaired) electrons. The first-order chi connectivity index (χ1) is 6.22. The van der Waals surface area contributed by atoms with Crippen LogP contribution in [0.2, 0.25) is 0 Å². The minimum absolute atomic E-state index is 0.0801. The predicted octanol–water partition coefficient (Wildman–Crippen LogP) is 2.52. The quantitative estimate of drug-likeness (QED) is 0.645. The Bertz CT molecular complexity index is 369. The fraction of sp³-hybridized carbons (Fsp3) is 0.364. The second-order valence-electron chi connectivity index (χ2n) is 3.38. The number of halogens is 1. The lowest BCUT2D eigenvalue weighted by Crippen LogP contribution is -1.96. The highest BCUT2D eigenvalue weighted by Crippen LogP contribution is 2.25. The molecular weight excluding hydrogens is 167 g/mol. The third kappa shape index (κ3) is 1.26. The molecule has 1 aromatic rings. The molecular formula is C11H11FO. The first-order valence-corrected chi connectivity index (χ1v) is 4.57. The largest absolute Gasteiger partial charge is 0.294 e. The van der Waals surface area contributed by atoms with E-state index in [0.29, 0.717) is 24.0 Å². The molecule has 0 aromatic heterocycles. The van der Waals surface area contributed by atoms with Crippen LogP contribution in [0.3, 0.4) is 0 Å². The number of fused-ring (bicyclic) bond motifs is 1. The van der Waals surface area contributed by atoms with E-state index in [2.05, 4.69) is 0 Å².